The van der Waals surface area contributed by atoms with E-state index in [0.717, 1.165) is 33.8 Å². The van der Waals surface area contributed by atoms with Crippen LogP contribution in [0.15, 0.2) is 41.9 Å². The second-order valence-corrected chi connectivity index (χ2v) is 17.5. The third-order valence-electron chi connectivity index (χ3n) is 7.18. The van der Waals surface area contributed by atoms with Gasteiger partial charge in [0.05, 0.1) is 41.9 Å². The van der Waals surface area contributed by atoms with Gasteiger partial charge in [-0.15, -0.1) is 0 Å². The summed E-state index contributed by atoms with van der Waals surface area (Å²) in [6, 6.07) is -1.06. The maximum absolute atomic E-state index is 14.0. The fourth-order valence-corrected chi connectivity index (χ4v) is 5.30. The molecule has 1 saturated heterocycles. The monoisotopic (exact) mass is 676 g/mol. The van der Waals surface area contributed by atoms with E-state index in [4.69, 9.17) is 10.8 Å². The molecule has 46 heavy (non-hydrogen) atoms. The number of hydrogen-bond acceptors (Lipinski definition) is 8. The van der Waals surface area contributed by atoms with Crippen LogP contribution in [-0.2, 0) is 33.4 Å². The summed E-state index contributed by atoms with van der Waals surface area (Å²) >= 11 is 0. The molecule has 1 atom stereocenters. The van der Waals surface area contributed by atoms with Crippen molar-refractivity contribution in [1.82, 2.24) is 29.2 Å². The molecule has 1 unspecified atom stereocenters. The van der Waals surface area contributed by atoms with Crippen molar-refractivity contribution >= 4 is 30.8 Å². The summed E-state index contributed by atoms with van der Waals surface area (Å²) in [6.07, 6.45) is -4.19. The highest BCUT2D eigenvalue weighted by Crippen LogP contribution is 2.35. The zero-order chi connectivity index (χ0) is 34.8. The highest BCUT2D eigenvalue weighted by Gasteiger charge is 2.37. The Labute approximate surface area is 262 Å². The number of nitrogens with zero attached hydrogens (tertiary/aromatic N) is 7. The van der Waals surface area contributed by atoms with Crippen LogP contribution < -0.4 is 10.5 Å². The van der Waals surface area contributed by atoms with E-state index in [1.54, 1.807) is 4.90 Å². The lowest BCUT2D eigenvalue weighted by atomic mass is 10.2. The molecule has 0 aromatic carbocycles. The molecule has 4 heterocycles. The molecule has 4 rings (SSSR count). The van der Waals surface area contributed by atoms with E-state index in [1.165, 1.54) is 11.8 Å². The van der Waals surface area contributed by atoms with E-state index >= 15 is 0 Å². The fourth-order valence-electron chi connectivity index (χ4n) is 4.54. The van der Waals surface area contributed by atoms with Gasteiger partial charge in [0, 0.05) is 65.5 Å². The van der Waals surface area contributed by atoms with Crippen molar-refractivity contribution < 1.29 is 42.0 Å². The zero-order valence-electron chi connectivity index (χ0n) is 26.7. The third-order valence-corrected chi connectivity index (χ3v) is 8.88. The first-order valence-corrected chi connectivity index (χ1v) is 18.0. The molecular formula is C28H35F6N7O4Si. The van der Waals surface area contributed by atoms with Gasteiger partial charge in [0.25, 0.3) is 5.56 Å². The number of alkyl halides is 6. The second-order valence-electron chi connectivity index (χ2n) is 11.9. The Morgan fingerprint density at radius 3 is 2.30 bits per heavy atom. The smallest absolute Gasteiger partial charge is 0.419 e. The molecule has 1 amide bonds. The number of aromatic nitrogens is 5. The van der Waals surface area contributed by atoms with Gasteiger partial charge in [-0.25, -0.2) is 14.6 Å². The topological polar surface area (TPSA) is 108 Å². The molecule has 18 heteroatoms. The lowest BCUT2D eigenvalue weighted by molar-refractivity contribution is -0.138. The van der Waals surface area contributed by atoms with Crippen LogP contribution in [0.3, 0.4) is 0 Å². The molecule has 0 spiro atoms. The van der Waals surface area contributed by atoms with Gasteiger partial charge in [-0.3, -0.25) is 9.59 Å². The van der Waals surface area contributed by atoms with Crippen LogP contribution in [0.5, 0.6) is 0 Å². The lowest BCUT2D eigenvalue weighted by Gasteiger charge is -2.34. The largest absolute Gasteiger partial charge is 0.499 e. The molecule has 1 fully saturated rings. The van der Waals surface area contributed by atoms with Crippen molar-refractivity contribution in [3.05, 3.63) is 58.6 Å². The minimum Gasteiger partial charge on any atom is -0.499 e. The molecule has 252 valence electrons. The van der Waals surface area contributed by atoms with Gasteiger partial charge in [0.15, 0.2) is 0 Å². The van der Waals surface area contributed by atoms with E-state index in [9.17, 15) is 35.9 Å². The normalized spacial score (nSPS) is 16.6. The Kier molecular flexibility index (Phi) is 10.0. The average Bonchev–Trinajstić information content (AvgIpc) is 3.40. The number of fused-ring (bicyclic) bond motifs is 1. The molecule has 0 radical (unpaired) electrons. The standard InChI is InChI=1S/C28H35F6N7O4Si/c1-19(17-44-10-5-23(42)38-6-8-39(9-7-38)26-35-13-20(14-36-26)27(29,30)31)40-16-21(28(32,33)34)24-22(40)15-37-41(25(24)43)18-45-11-12-46(2,3)4/h5,10,13-16,19H,6-9,11-12,17-18H2,1-4H3/b10-5+/i19D. The van der Waals surface area contributed by atoms with Crippen LogP contribution in [0.2, 0.25) is 25.7 Å². The first kappa shape index (κ1) is 33.4. The van der Waals surface area contributed by atoms with E-state index in [0.29, 0.717) is 25.2 Å². The molecular weight excluding hydrogens is 640 g/mol. The van der Waals surface area contributed by atoms with Crippen LogP contribution in [0, 0.1) is 0 Å². The predicted octanol–water partition coefficient (Wildman–Crippen LogP) is 4.78. The highest BCUT2D eigenvalue weighted by molar-refractivity contribution is 6.76. The predicted molar refractivity (Wildman–Crippen MR) is 159 cm³/mol. The Bertz CT molecular complexity index is 1640. The molecule has 0 bridgehead atoms. The van der Waals surface area contributed by atoms with Gasteiger partial charge in [-0.2, -0.15) is 31.4 Å². The Hall–Kier alpha value is -3.93. The van der Waals surface area contributed by atoms with Gasteiger partial charge < -0.3 is 23.8 Å². The summed E-state index contributed by atoms with van der Waals surface area (Å²) in [5, 5.41) is 3.33. The summed E-state index contributed by atoms with van der Waals surface area (Å²) in [6.45, 7) is 8.18. The van der Waals surface area contributed by atoms with Crippen molar-refractivity contribution in [1.29, 1.82) is 0 Å². The molecule has 1 aliphatic heterocycles. The summed E-state index contributed by atoms with van der Waals surface area (Å²) in [7, 11) is -1.43. The highest BCUT2D eigenvalue weighted by atomic mass is 28.3. The van der Waals surface area contributed by atoms with Crippen molar-refractivity contribution in [3.8, 4) is 0 Å². The summed E-state index contributed by atoms with van der Waals surface area (Å²) < 4.78 is 102. The van der Waals surface area contributed by atoms with Gasteiger partial charge in [0.2, 0.25) is 11.9 Å². The maximum Gasteiger partial charge on any atom is 0.419 e. The fraction of sp³-hybridized carbons (Fsp3) is 0.536. The Morgan fingerprint density at radius 1 is 1.07 bits per heavy atom. The number of rotatable bonds is 11. The number of amides is 1. The first-order chi connectivity index (χ1) is 21.8. The minimum atomic E-state index is -4.90. The molecule has 0 N–H and O–H groups in total. The van der Waals surface area contributed by atoms with Crippen LogP contribution in [0.25, 0.3) is 10.9 Å². The van der Waals surface area contributed by atoms with Crippen molar-refractivity contribution in [2.24, 2.45) is 0 Å². The molecule has 3 aromatic heterocycles. The number of carbonyl (C=O) groups excluding carboxylic acids is 1. The third kappa shape index (κ3) is 8.65. The molecule has 1 aliphatic rings. The van der Waals surface area contributed by atoms with E-state index in [2.05, 4.69) is 34.7 Å². The lowest BCUT2D eigenvalue weighted by Crippen LogP contribution is -2.48. The van der Waals surface area contributed by atoms with Crippen molar-refractivity contribution in [3.63, 3.8) is 0 Å². The van der Waals surface area contributed by atoms with Crippen LogP contribution in [-0.4, -0.2) is 82.6 Å². The van der Waals surface area contributed by atoms with Gasteiger partial charge >= 0.3 is 12.4 Å². The quantitative estimate of drug-likeness (QED) is 0.0940. The van der Waals surface area contributed by atoms with E-state index in [1.807, 2.05) is 0 Å². The summed E-state index contributed by atoms with van der Waals surface area (Å²) in [4.78, 5) is 36.3. The Morgan fingerprint density at radius 2 is 1.72 bits per heavy atom. The minimum absolute atomic E-state index is 0.102. The molecule has 0 aliphatic carbocycles. The van der Waals surface area contributed by atoms with Crippen molar-refractivity contribution in [2.75, 3.05) is 44.3 Å². The van der Waals surface area contributed by atoms with Crippen LogP contribution in [0.4, 0.5) is 32.3 Å². The number of halogens is 6. The molecule has 0 saturated carbocycles. The number of piperazine rings is 1. The van der Waals surface area contributed by atoms with Gasteiger partial charge in [0.1, 0.15) is 13.3 Å². The molecule has 11 nitrogen and oxygen atoms in total. The van der Waals surface area contributed by atoms with Gasteiger partial charge in [-0.1, -0.05) is 19.6 Å². The SMILES string of the molecule is [2H]C(C)(CO/C=C/C(=O)N1CCN(c2ncc(C(F)(F)F)cn2)CC1)n1cc(C(F)(F)F)c2c(=O)n(COCC[Si](C)(C)C)ncc21. The first-order valence-electron chi connectivity index (χ1n) is 14.8. The summed E-state index contributed by atoms with van der Waals surface area (Å²) in [5.41, 5.74) is -3.41. The zero-order valence-corrected chi connectivity index (χ0v) is 26.7. The summed E-state index contributed by atoms with van der Waals surface area (Å²) in [5.74, 6) is -0.350. The Balaban J connectivity index is 1.38. The van der Waals surface area contributed by atoms with Gasteiger partial charge in [-0.05, 0) is 13.0 Å². The molecule has 3 aromatic rings. The maximum atomic E-state index is 14.0. The second kappa shape index (κ2) is 13.8. The van der Waals surface area contributed by atoms with Crippen molar-refractivity contribution in [2.45, 2.75) is 57.7 Å². The van der Waals surface area contributed by atoms with Crippen LogP contribution in [0.1, 0.15) is 25.4 Å². The average molecular weight is 677 g/mol. The number of anilines is 1. The number of hydrogen-bond donors (Lipinski definition) is 0. The van der Waals surface area contributed by atoms with E-state index in [-0.39, 0.29) is 44.4 Å². The number of ether oxygens (including phenoxy) is 2. The number of carbonyl (C=O) groups is 1. The van der Waals surface area contributed by atoms with E-state index < -0.39 is 61.0 Å². The van der Waals surface area contributed by atoms with Crippen LogP contribution >= 0.6 is 0 Å².